The number of benzene rings is 3. The van der Waals surface area contributed by atoms with Crippen molar-refractivity contribution in [2.24, 2.45) is 0 Å². The molecule has 0 atom stereocenters. The van der Waals surface area contributed by atoms with Crippen LogP contribution in [0, 0.1) is 11.8 Å². The number of allylic oxidation sites excluding steroid dienone is 1. The predicted molar refractivity (Wildman–Crippen MR) is 127 cm³/mol. The standard InChI is InChI=1S/C28H14O3S/c29-27-22-12-18-8-4-5-9-19(18)13-23(22)28(30)24(27)15-21-16-25-26(32-21)14-20(31-25)11-10-17-6-2-1-3-7-17/h1-9,12-16H. The second-order valence-corrected chi connectivity index (χ2v) is 8.68. The van der Waals surface area contributed by atoms with E-state index in [9.17, 15) is 9.59 Å². The number of hydrogen-bond acceptors (Lipinski definition) is 4. The van der Waals surface area contributed by atoms with Gasteiger partial charge in [-0.05, 0) is 53.1 Å². The van der Waals surface area contributed by atoms with Gasteiger partial charge in [-0.2, -0.15) is 0 Å². The molecule has 6 rings (SSSR count). The molecular formula is C28H14O3S. The number of rotatable bonds is 1. The third kappa shape index (κ3) is 3.08. The van der Waals surface area contributed by atoms with Crippen molar-refractivity contribution in [3.63, 3.8) is 0 Å². The fourth-order valence-corrected chi connectivity index (χ4v) is 4.89. The molecule has 0 radical (unpaired) electrons. The Morgan fingerprint density at radius 2 is 1.41 bits per heavy atom. The van der Waals surface area contributed by atoms with E-state index in [2.05, 4.69) is 11.8 Å². The van der Waals surface area contributed by atoms with Crippen molar-refractivity contribution in [2.45, 2.75) is 0 Å². The number of furan rings is 1. The van der Waals surface area contributed by atoms with Gasteiger partial charge in [-0.1, -0.05) is 48.4 Å². The van der Waals surface area contributed by atoms with Gasteiger partial charge in [0.25, 0.3) is 0 Å². The summed E-state index contributed by atoms with van der Waals surface area (Å²) in [4.78, 5) is 26.7. The lowest BCUT2D eigenvalue weighted by molar-refractivity contribution is 0.0990. The maximum Gasteiger partial charge on any atom is 0.197 e. The lowest BCUT2D eigenvalue weighted by Crippen LogP contribution is -1.99. The van der Waals surface area contributed by atoms with Crippen LogP contribution in [0.1, 0.15) is 36.9 Å². The molecule has 150 valence electrons. The normalized spacial score (nSPS) is 12.8. The largest absolute Gasteiger partial charge is 0.447 e. The zero-order chi connectivity index (χ0) is 21.7. The Labute approximate surface area is 187 Å². The topological polar surface area (TPSA) is 47.3 Å². The van der Waals surface area contributed by atoms with Gasteiger partial charge in [-0.3, -0.25) is 9.59 Å². The van der Waals surface area contributed by atoms with Crippen molar-refractivity contribution in [2.75, 3.05) is 0 Å². The first-order valence-corrected chi connectivity index (χ1v) is 10.9. The first-order chi connectivity index (χ1) is 15.7. The minimum Gasteiger partial charge on any atom is -0.447 e. The SMILES string of the molecule is O=C1C(=Cc2cc3oc(C#Cc4ccccc4)cc3s2)C(=O)c2cc3ccccc3cc21. The van der Waals surface area contributed by atoms with Crippen molar-refractivity contribution >= 4 is 50.0 Å². The van der Waals surface area contributed by atoms with E-state index in [1.54, 1.807) is 6.08 Å². The Hall–Kier alpha value is -4.20. The Morgan fingerprint density at radius 1 is 0.750 bits per heavy atom. The first-order valence-electron chi connectivity index (χ1n) is 10.1. The molecule has 2 aromatic heterocycles. The second-order valence-electron chi connectivity index (χ2n) is 7.57. The first kappa shape index (κ1) is 18.6. The van der Waals surface area contributed by atoms with E-state index in [0.29, 0.717) is 22.5 Å². The van der Waals surface area contributed by atoms with Crippen LogP contribution in [-0.4, -0.2) is 11.6 Å². The highest BCUT2D eigenvalue weighted by molar-refractivity contribution is 7.19. The van der Waals surface area contributed by atoms with Crippen LogP contribution in [0.3, 0.4) is 0 Å². The maximum absolute atomic E-state index is 13.0. The second kappa shape index (κ2) is 7.19. The van der Waals surface area contributed by atoms with Crippen molar-refractivity contribution in [1.29, 1.82) is 0 Å². The van der Waals surface area contributed by atoms with Crippen LogP contribution in [0.15, 0.2) is 88.9 Å². The molecule has 0 aliphatic heterocycles. The van der Waals surface area contributed by atoms with Gasteiger partial charge < -0.3 is 4.42 Å². The number of hydrogen-bond donors (Lipinski definition) is 0. The van der Waals surface area contributed by atoms with Crippen LogP contribution in [0.2, 0.25) is 0 Å². The highest BCUT2D eigenvalue weighted by Crippen LogP contribution is 2.34. The summed E-state index contributed by atoms with van der Waals surface area (Å²) in [5.41, 5.74) is 2.75. The summed E-state index contributed by atoms with van der Waals surface area (Å²) in [5.74, 6) is 6.25. The summed E-state index contributed by atoms with van der Waals surface area (Å²) in [6.07, 6.45) is 1.67. The van der Waals surface area contributed by atoms with E-state index in [1.807, 2.05) is 78.9 Å². The van der Waals surface area contributed by atoms with Crippen LogP contribution in [0.4, 0.5) is 0 Å². The fourth-order valence-electron chi connectivity index (χ4n) is 3.93. The molecule has 0 fully saturated rings. The monoisotopic (exact) mass is 430 g/mol. The lowest BCUT2D eigenvalue weighted by Gasteiger charge is -2.00. The van der Waals surface area contributed by atoms with E-state index in [0.717, 1.165) is 25.9 Å². The molecule has 1 aliphatic rings. The van der Waals surface area contributed by atoms with E-state index in [-0.39, 0.29) is 17.1 Å². The number of fused-ring (bicyclic) bond motifs is 3. The zero-order valence-corrected chi connectivity index (χ0v) is 17.5. The Balaban J connectivity index is 1.33. The maximum atomic E-state index is 13.0. The molecule has 3 aromatic carbocycles. The van der Waals surface area contributed by atoms with E-state index < -0.39 is 0 Å². The van der Waals surface area contributed by atoms with Gasteiger partial charge in [0, 0.05) is 27.6 Å². The van der Waals surface area contributed by atoms with Gasteiger partial charge in [0.05, 0.1) is 10.3 Å². The summed E-state index contributed by atoms with van der Waals surface area (Å²) in [5, 5.41) is 1.90. The molecule has 2 heterocycles. The highest BCUT2D eigenvalue weighted by atomic mass is 32.1. The number of Topliss-reactive ketones (excluding diaryl/α,β-unsaturated/α-hetero) is 2. The van der Waals surface area contributed by atoms with Crippen LogP contribution in [-0.2, 0) is 0 Å². The van der Waals surface area contributed by atoms with Gasteiger partial charge in [0.15, 0.2) is 17.3 Å². The summed E-state index contributed by atoms with van der Waals surface area (Å²) in [7, 11) is 0. The van der Waals surface area contributed by atoms with Crippen LogP contribution >= 0.6 is 11.3 Å². The molecule has 32 heavy (non-hydrogen) atoms. The van der Waals surface area contributed by atoms with Gasteiger partial charge >= 0.3 is 0 Å². The van der Waals surface area contributed by atoms with Crippen LogP contribution in [0.25, 0.3) is 27.1 Å². The molecule has 3 nitrogen and oxygen atoms in total. The molecule has 0 saturated heterocycles. The van der Waals surface area contributed by atoms with Crippen molar-refractivity contribution < 1.29 is 14.0 Å². The molecule has 0 amide bonds. The van der Waals surface area contributed by atoms with Gasteiger partial charge in [0.1, 0.15) is 5.58 Å². The van der Waals surface area contributed by atoms with Crippen LogP contribution < -0.4 is 0 Å². The molecule has 1 aliphatic carbocycles. The molecule has 5 aromatic rings. The average molecular weight is 430 g/mol. The summed E-state index contributed by atoms with van der Waals surface area (Å²) >= 11 is 1.47. The highest BCUT2D eigenvalue weighted by Gasteiger charge is 2.33. The molecule has 0 bridgehead atoms. The molecule has 0 unspecified atom stereocenters. The molecule has 0 saturated carbocycles. The Morgan fingerprint density at radius 3 is 2.06 bits per heavy atom. The Bertz CT molecular complexity index is 1560. The van der Waals surface area contributed by atoms with E-state index in [1.165, 1.54) is 11.3 Å². The quantitative estimate of drug-likeness (QED) is 0.173. The molecule has 0 N–H and O–H groups in total. The minimum atomic E-state index is -0.227. The third-order valence-electron chi connectivity index (χ3n) is 5.48. The molecule has 4 heteroatoms. The Kier molecular flexibility index (Phi) is 4.17. The number of thiophene rings is 1. The third-order valence-corrected chi connectivity index (χ3v) is 6.49. The lowest BCUT2D eigenvalue weighted by atomic mass is 10.0. The zero-order valence-electron chi connectivity index (χ0n) is 16.7. The average Bonchev–Trinajstić information content (AvgIpc) is 3.44. The molecule has 0 spiro atoms. The summed E-state index contributed by atoms with van der Waals surface area (Å²) < 4.78 is 6.77. The van der Waals surface area contributed by atoms with Crippen molar-refractivity contribution in [3.8, 4) is 11.8 Å². The van der Waals surface area contributed by atoms with Gasteiger partial charge in [0.2, 0.25) is 0 Å². The molecular weight excluding hydrogens is 416 g/mol. The van der Waals surface area contributed by atoms with Gasteiger partial charge in [-0.25, -0.2) is 0 Å². The van der Waals surface area contributed by atoms with Gasteiger partial charge in [-0.15, -0.1) is 11.3 Å². The van der Waals surface area contributed by atoms with E-state index >= 15 is 0 Å². The predicted octanol–water partition coefficient (Wildman–Crippen LogP) is 6.51. The number of ketones is 2. The summed E-state index contributed by atoms with van der Waals surface area (Å²) in [6, 6.07) is 24.8. The fraction of sp³-hybridized carbons (Fsp3) is 0. The number of carbonyl (C=O) groups is 2. The van der Waals surface area contributed by atoms with E-state index in [4.69, 9.17) is 4.42 Å². The number of carbonyl (C=O) groups excluding carboxylic acids is 2. The summed E-state index contributed by atoms with van der Waals surface area (Å²) in [6.45, 7) is 0. The van der Waals surface area contributed by atoms with Crippen molar-refractivity contribution in [1.82, 2.24) is 0 Å². The van der Waals surface area contributed by atoms with Crippen LogP contribution in [0.5, 0.6) is 0 Å². The minimum absolute atomic E-state index is 0.198. The smallest absolute Gasteiger partial charge is 0.197 e. The van der Waals surface area contributed by atoms with Crippen molar-refractivity contribution in [3.05, 3.63) is 112 Å².